The van der Waals surface area contributed by atoms with Crippen molar-refractivity contribution in [1.82, 2.24) is 14.5 Å². The van der Waals surface area contributed by atoms with Crippen LogP contribution in [0.1, 0.15) is 37.5 Å². The standard InChI is InChI=1S/C19H23N3O2/c1-4-8-18-20-11-12-22(18)13-16-14(3)24-19(21-16)15-9-6-7-10-17(15)23-5-2/h6-7,9-12H,4-5,8,13H2,1-3H3. The number of benzene rings is 1. The van der Waals surface area contributed by atoms with Gasteiger partial charge in [-0.25, -0.2) is 9.97 Å². The Labute approximate surface area is 142 Å². The predicted octanol–water partition coefficient (Wildman–Crippen LogP) is 4.25. The van der Waals surface area contributed by atoms with Gasteiger partial charge in [0.25, 0.3) is 0 Å². The fraction of sp³-hybridized carbons (Fsp3) is 0.368. The molecule has 0 aliphatic carbocycles. The van der Waals surface area contributed by atoms with E-state index in [4.69, 9.17) is 14.1 Å². The van der Waals surface area contributed by atoms with Gasteiger partial charge in [-0.05, 0) is 32.4 Å². The van der Waals surface area contributed by atoms with Crippen molar-refractivity contribution in [3.05, 3.63) is 53.9 Å². The Kier molecular flexibility index (Phi) is 4.99. The van der Waals surface area contributed by atoms with Gasteiger partial charge < -0.3 is 13.7 Å². The lowest BCUT2D eigenvalue weighted by atomic mass is 10.2. The topological polar surface area (TPSA) is 53.1 Å². The Morgan fingerprint density at radius 2 is 2.04 bits per heavy atom. The highest BCUT2D eigenvalue weighted by atomic mass is 16.5. The number of aryl methyl sites for hydroxylation is 2. The molecule has 0 aliphatic heterocycles. The maximum atomic E-state index is 5.91. The van der Waals surface area contributed by atoms with Gasteiger partial charge >= 0.3 is 0 Å². The van der Waals surface area contributed by atoms with E-state index < -0.39 is 0 Å². The maximum absolute atomic E-state index is 5.91. The van der Waals surface area contributed by atoms with Gasteiger partial charge in [-0.15, -0.1) is 0 Å². The number of para-hydroxylation sites is 1. The summed E-state index contributed by atoms with van der Waals surface area (Å²) in [4.78, 5) is 9.12. The van der Waals surface area contributed by atoms with Crippen LogP contribution in [0, 0.1) is 6.92 Å². The Bertz CT molecular complexity index is 805. The van der Waals surface area contributed by atoms with Crippen molar-refractivity contribution >= 4 is 0 Å². The molecule has 2 aromatic heterocycles. The van der Waals surface area contributed by atoms with Crippen LogP contribution in [0.15, 0.2) is 41.1 Å². The first kappa shape index (κ1) is 16.3. The number of imidazole rings is 1. The monoisotopic (exact) mass is 325 g/mol. The van der Waals surface area contributed by atoms with E-state index in [1.54, 1.807) is 0 Å². The number of hydrogen-bond donors (Lipinski definition) is 0. The summed E-state index contributed by atoms with van der Waals surface area (Å²) in [6.45, 7) is 7.35. The van der Waals surface area contributed by atoms with Crippen molar-refractivity contribution in [3.63, 3.8) is 0 Å². The third kappa shape index (κ3) is 3.35. The highest BCUT2D eigenvalue weighted by Gasteiger charge is 2.16. The SMILES string of the molecule is CCCc1nccn1Cc1nc(-c2ccccc2OCC)oc1C. The van der Waals surface area contributed by atoms with Crippen LogP contribution in [0.5, 0.6) is 5.75 Å². The molecule has 0 spiro atoms. The molecule has 0 atom stereocenters. The second-order valence-electron chi connectivity index (χ2n) is 5.67. The summed E-state index contributed by atoms with van der Waals surface area (Å²) in [5, 5.41) is 0. The molecule has 126 valence electrons. The van der Waals surface area contributed by atoms with Crippen LogP contribution in [0.25, 0.3) is 11.5 Å². The predicted molar refractivity (Wildman–Crippen MR) is 93.2 cm³/mol. The van der Waals surface area contributed by atoms with E-state index >= 15 is 0 Å². The highest BCUT2D eigenvalue weighted by molar-refractivity contribution is 5.63. The van der Waals surface area contributed by atoms with Crippen molar-refractivity contribution in [1.29, 1.82) is 0 Å². The quantitative estimate of drug-likeness (QED) is 0.652. The molecule has 5 nitrogen and oxygen atoms in total. The van der Waals surface area contributed by atoms with Crippen LogP contribution < -0.4 is 4.74 Å². The van der Waals surface area contributed by atoms with Gasteiger partial charge in [0, 0.05) is 18.8 Å². The van der Waals surface area contributed by atoms with Crippen LogP contribution in [0.3, 0.4) is 0 Å². The summed E-state index contributed by atoms with van der Waals surface area (Å²) in [5.74, 6) is 3.30. The second kappa shape index (κ2) is 7.34. The highest BCUT2D eigenvalue weighted by Crippen LogP contribution is 2.30. The molecular weight excluding hydrogens is 302 g/mol. The van der Waals surface area contributed by atoms with E-state index in [0.717, 1.165) is 41.4 Å². The summed E-state index contributed by atoms with van der Waals surface area (Å²) < 4.78 is 13.7. The molecule has 0 aliphatic rings. The van der Waals surface area contributed by atoms with E-state index in [2.05, 4.69) is 16.5 Å². The smallest absolute Gasteiger partial charge is 0.230 e. The van der Waals surface area contributed by atoms with E-state index in [-0.39, 0.29) is 0 Å². The Morgan fingerprint density at radius 3 is 2.83 bits per heavy atom. The molecule has 3 rings (SSSR count). The van der Waals surface area contributed by atoms with Crippen LogP contribution in [0.2, 0.25) is 0 Å². The van der Waals surface area contributed by atoms with E-state index in [9.17, 15) is 0 Å². The van der Waals surface area contributed by atoms with Gasteiger partial charge in [0.15, 0.2) is 0 Å². The minimum Gasteiger partial charge on any atom is -0.493 e. The second-order valence-corrected chi connectivity index (χ2v) is 5.67. The zero-order valence-electron chi connectivity index (χ0n) is 14.5. The van der Waals surface area contributed by atoms with Crippen molar-refractivity contribution < 1.29 is 9.15 Å². The third-order valence-corrected chi connectivity index (χ3v) is 3.91. The lowest BCUT2D eigenvalue weighted by Gasteiger charge is -2.06. The first-order valence-electron chi connectivity index (χ1n) is 8.41. The Morgan fingerprint density at radius 1 is 1.21 bits per heavy atom. The molecule has 0 N–H and O–H groups in total. The zero-order chi connectivity index (χ0) is 16.9. The number of rotatable bonds is 7. The molecule has 0 fully saturated rings. The Balaban J connectivity index is 1.89. The van der Waals surface area contributed by atoms with Crippen LogP contribution in [-0.2, 0) is 13.0 Å². The molecule has 0 unspecified atom stereocenters. The molecule has 0 bridgehead atoms. The van der Waals surface area contributed by atoms with Gasteiger partial charge in [-0.3, -0.25) is 0 Å². The average molecular weight is 325 g/mol. The molecule has 3 aromatic rings. The molecular formula is C19H23N3O2. The lowest BCUT2D eigenvalue weighted by Crippen LogP contribution is -2.05. The van der Waals surface area contributed by atoms with Gasteiger partial charge in [-0.1, -0.05) is 19.1 Å². The summed E-state index contributed by atoms with van der Waals surface area (Å²) >= 11 is 0. The number of hydrogen-bond acceptors (Lipinski definition) is 4. The van der Waals surface area contributed by atoms with Gasteiger partial charge in [0.05, 0.1) is 18.7 Å². The molecule has 0 amide bonds. The molecule has 0 saturated carbocycles. The minimum atomic E-state index is 0.601. The minimum absolute atomic E-state index is 0.601. The first-order chi connectivity index (χ1) is 11.7. The zero-order valence-corrected chi connectivity index (χ0v) is 14.5. The van der Waals surface area contributed by atoms with Crippen LogP contribution in [-0.4, -0.2) is 21.1 Å². The molecule has 2 heterocycles. The lowest BCUT2D eigenvalue weighted by molar-refractivity contribution is 0.340. The number of ether oxygens (including phenoxy) is 1. The van der Waals surface area contributed by atoms with Crippen molar-refractivity contribution in [2.45, 2.75) is 40.2 Å². The van der Waals surface area contributed by atoms with Crippen LogP contribution >= 0.6 is 0 Å². The number of oxazole rings is 1. The van der Waals surface area contributed by atoms with E-state index in [1.807, 2.05) is 50.5 Å². The van der Waals surface area contributed by atoms with Crippen molar-refractivity contribution in [2.24, 2.45) is 0 Å². The molecule has 1 aromatic carbocycles. The van der Waals surface area contributed by atoms with Gasteiger partial charge in [0.1, 0.15) is 23.0 Å². The summed E-state index contributed by atoms with van der Waals surface area (Å²) in [7, 11) is 0. The fourth-order valence-corrected chi connectivity index (χ4v) is 2.71. The molecule has 5 heteroatoms. The van der Waals surface area contributed by atoms with Crippen LogP contribution in [0.4, 0.5) is 0 Å². The number of nitrogens with zero attached hydrogens (tertiary/aromatic N) is 3. The fourth-order valence-electron chi connectivity index (χ4n) is 2.71. The van der Waals surface area contributed by atoms with Gasteiger partial charge in [0.2, 0.25) is 5.89 Å². The van der Waals surface area contributed by atoms with Crippen molar-refractivity contribution in [2.75, 3.05) is 6.61 Å². The van der Waals surface area contributed by atoms with E-state index in [0.29, 0.717) is 19.0 Å². The van der Waals surface area contributed by atoms with Gasteiger partial charge in [-0.2, -0.15) is 0 Å². The largest absolute Gasteiger partial charge is 0.493 e. The Hall–Kier alpha value is -2.56. The molecule has 24 heavy (non-hydrogen) atoms. The first-order valence-corrected chi connectivity index (χ1v) is 8.41. The average Bonchev–Trinajstić information content (AvgIpc) is 3.16. The third-order valence-electron chi connectivity index (χ3n) is 3.91. The number of aromatic nitrogens is 3. The normalized spacial score (nSPS) is 11.0. The maximum Gasteiger partial charge on any atom is 0.230 e. The summed E-state index contributed by atoms with van der Waals surface area (Å²) in [6.07, 6.45) is 5.87. The summed E-state index contributed by atoms with van der Waals surface area (Å²) in [5.41, 5.74) is 1.81. The van der Waals surface area contributed by atoms with E-state index in [1.165, 1.54) is 0 Å². The summed E-state index contributed by atoms with van der Waals surface area (Å²) in [6, 6.07) is 7.83. The van der Waals surface area contributed by atoms with Crippen molar-refractivity contribution in [3.8, 4) is 17.2 Å². The molecule has 0 saturated heterocycles. The molecule has 0 radical (unpaired) electrons.